The Morgan fingerprint density at radius 1 is 1.03 bits per heavy atom. The number of likely N-dealkylation sites (N-methyl/N-ethyl adjacent to an activating group) is 1. The third kappa shape index (κ3) is 4.36. The zero-order valence-corrected chi connectivity index (χ0v) is 19.6. The SMILES string of the molecule is CCN(C(=O)[C@@H]1C[C@@H](C)N(C(=O)c2ccc(OC)cc2)c2ccccc21)c1cccc(C)c1. The number of hydrogen-bond acceptors (Lipinski definition) is 3. The van der Waals surface area contributed by atoms with Crippen molar-refractivity contribution in [1.29, 1.82) is 0 Å². The van der Waals surface area contributed by atoms with Crippen LogP contribution < -0.4 is 14.5 Å². The summed E-state index contributed by atoms with van der Waals surface area (Å²) in [5.41, 5.74) is 4.32. The van der Waals surface area contributed by atoms with Crippen molar-refractivity contribution < 1.29 is 14.3 Å². The van der Waals surface area contributed by atoms with E-state index in [9.17, 15) is 9.59 Å². The second kappa shape index (κ2) is 9.49. The van der Waals surface area contributed by atoms with E-state index in [1.165, 1.54) is 0 Å². The Labute approximate surface area is 195 Å². The minimum Gasteiger partial charge on any atom is -0.497 e. The first-order valence-corrected chi connectivity index (χ1v) is 11.4. The molecule has 1 aliphatic heterocycles. The largest absolute Gasteiger partial charge is 0.497 e. The quantitative estimate of drug-likeness (QED) is 0.518. The van der Waals surface area contributed by atoms with Gasteiger partial charge in [-0.25, -0.2) is 0 Å². The van der Waals surface area contributed by atoms with Gasteiger partial charge < -0.3 is 14.5 Å². The fourth-order valence-corrected chi connectivity index (χ4v) is 4.68. The van der Waals surface area contributed by atoms with Crippen LogP contribution in [0.4, 0.5) is 11.4 Å². The molecule has 170 valence electrons. The Balaban J connectivity index is 1.69. The Morgan fingerprint density at radius 2 is 1.76 bits per heavy atom. The maximum atomic E-state index is 13.8. The number of benzene rings is 3. The van der Waals surface area contributed by atoms with Crippen LogP contribution in [-0.4, -0.2) is 31.5 Å². The normalized spacial score (nSPS) is 17.3. The maximum Gasteiger partial charge on any atom is 0.258 e. The molecule has 0 fully saturated rings. The highest BCUT2D eigenvalue weighted by Gasteiger charge is 2.38. The predicted octanol–water partition coefficient (Wildman–Crippen LogP) is 5.58. The van der Waals surface area contributed by atoms with Crippen molar-refractivity contribution in [2.45, 2.75) is 39.2 Å². The standard InChI is InChI=1S/C28H30N2O3/c1-5-29(22-10-8-9-19(2)17-22)28(32)25-18-20(3)30(26-12-7-6-11-24(25)26)27(31)21-13-15-23(33-4)16-14-21/h6-17,20,25H,5,18H2,1-4H3/t20-,25-/m1/s1. The van der Waals surface area contributed by atoms with Crippen molar-refractivity contribution in [3.63, 3.8) is 0 Å². The molecule has 0 saturated heterocycles. The molecule has 0 unspecified atom stereocenters. The molecule has 2 amide bonds. The number of para-hydroxylation sites is 1. The molecular formula is C28H30N2O3. The van der Waals surface area contributed by atoms with E-state index in [2.05, 4.69) is 0 Å². The molecule has 2 atom stereocenters. The monoisotopic (exact) mass is 442 g/mol. The van der Waals surface area contributed by atoms with E-state index in [-0.39, 0.29) is 23.8 Å². The minimum atomic E-state index is -0.309. The molecule has 0 radical (unpaired) electrons. The molecule has 3 aromatic rings. The van der Waals surface area contributed by atoms with Crippen LogP contribution in [-0.2, 0) is 4.79 Å². The molecule has 0 aromatic heterocycles. The molecule has 1 aliphatic rings. The van der Waals surface area contributed by atoms with Gasteiger partial charge in [-0.3, -0.25) is 9.59 Å². The van der Waals surface area contributed by atoms with Crippen molar-refractivity contribution in [3.8, 4) is 5.75 Å². The smallest absolute Gasteiger partial charge is 0.258 e. The number of carbonyl (C=O) groups excluding carboxylic acids is 2. The van der Waals surface area contributed by atoms with E-state index in [0.29, 0.717) is 24.3 Å². The van der Waals surface area contributed by atoms with Crippen molar-refractivity contribution in [1.82, 2.24) is 0 Å². The number of methoxy groups -OCH3 is 1. The van der Waals surface area contributed by atoms with Crippen LogP contribution in [0.3, 0.4) is 0 Å². The van der Waals surface area contributed by atoms with Crippen LogP contribution in [0, 0.1) is 6.92 Å². The Morgan fingerprint density at radius 3 is 2.42 bits per heavy atom. The zero-order valence-electron chi connectivity index (χ0n) is 19.6. The first-order chi connectivity index (χ1) is 15.9. The van der Waals surface area contributed by atoms with Crippen LogP contribution >= 0.6 is 0 Å². The highest BCUT2D eigenvalue weighted by atomic mass is 16.5. The summed E-state index contributed by atoms with van der Waals surface area (Å²) in [4.78, 5) is 30.9. The van der Waals surface area contributed by atoms with Crippen molar-refractivity contribution in [2.24, 2.45) is 0 Å². The topological polar surface area (TPSA) is 49.9 Å². The van der Waals surface area contributed by atoms with Gasteiger partial charge in [-0.05, 0) is 80.8 Å². The number of fused-ring (bicyclic) bond motifs is 1. The summed E-state index contributed by atoms with van der Waals surface area (Å²) in [5, 5.41) is 0. The molecule has 0 N–H and O–H groups in total. The second-order valence-corrected chi connectivity index (χ2v) is 8.52. The van der Waals surface area contributed by atoms with Crippen molar-refractivity contribution >= 4 is 23.2 Å². The van der Waals surface area contributed by atoms with Crippen LogP contribution in [0.15, 0.2) is 72.8 Å². The third-order valence-corrected chi connectivity index (χ3v) is 6.34. The van der Waals surface area contributed by atoms with Crippen LogP contribution in [0.1, 0.15) is 47.7 Å². The van der Waals surface area contributed by atoms with E-state index >= 15 is 0 Å². The number of hydrogen-bond donors (Lipinski definition) is 0. The lowest BCUT2D eigenvalue weighted by Crippen LogP contribution is -2.46. The molecule has 1 heterocycles. The summed E-state index contributed by atoms with van der Waals surface area (Å²) >= 11 is 0. The number of ether oxygens (including phenoxy) is 1. The summed E-state index contributed by atoms with van der Waals surface area (Å²) in [5.74, 6) is 0.394. The lowest BCUT2D eigenvalue weighted by Gasteiger charge is -2.40. The Hall–Kier alpha value is -3.60. The van der Waals surface area contributed by atoms with Gasteiger partial charge >= 0.3 is 0 Å². The average molecular weight is 443 g/mol. The lowest BCUT2D eigenvalue weighted by molar-refractivity contribution is -0.120. The molecule has 5 heteroatoms. The first-order valence-electron chi connectivity index (χ1n) is 11.4. The number of aryl methyl sites for hydroxylation is 1. The van der Waals surface area contributed by atoms with Gasteiger partial charge in [0, 0.05) is 29.5 Å². The van der Waals surface area contributed by atoms with Gasteiger partial charge in [0.2, 0.25) is 5.91 Å². The van der Waals surface area contributed by atoms with Crippen LogP contribution in [0.2, 0.25) is 0 Å². The summed E-state index contributed by atoms with van der Waals surface area (Å²) < 4.78 is 5.22. The van der Waals surface area contributed by atoms with Crippen molar-refractivity contribution in [2.75, 3.05) is 23.5 Å². The fourth-order valence-electron chi connectivity index (χ4n) is 4.68. The summed E-state index contributed by atoms with van der Waals surface area (Å²) in [6, 6.07) is 22.8. The molecule has 5 nitrogen and oxygen atoms in total. The predicted molar refractivity (Wildman–Crippen MR) is 132 cm³/mol. The number of amides is 2. The zero-order chi connectivity index (χ0) is 23.5. The van der Waals surface area contributed by atoms with Gasteiger partial charge in [-0.2, -0.15) is 0 Å². The molecular weight excluding hydrogens is 412 g/mol. The van der Waals surface area contributed by atoms with Gasteiger partial charge in [0.15, 0.2) is 0 Å². The van der Waals surface area contributed by atoms with Crippen LogP contribution in [0.25, 0.3) is 0 Å². The van der Waals surface area contributed by atoms with Crippen LogP contribution in [0.5, 0.6) is 5.75 Å². The molecule has 0 aliphatic carbocycles. The third-order valence-electron chi connectivity index (χ3n) is 6.34. The first kappa shape index (κ1) is 22.6. The molecule has 4 rings (SSSR count). The minimum absolute atomic E-state index is 0.0685. The lowest BCUT2D eigenvalue weighted by atomic mass is 9.84. The van der Waals surface area contributed by atoms with E-state index in [1.54, 1.807) is 31.4 Å². The number of carbonyl (C=O) groups is 2. The molecule has 33 heavy (non-hydrogen) atoms. The van der Waals surface area contributed by atoms with Crippen molar-refractivity contribution in [3.05, 3.63) is 89.5 Å². The maximum absolute atomic E-state index is 13.8. The van der Waals surface area contributed by atoms with Gasteiger partial charge in [-0.15, -0.1) is 0 Å². The van der Waals surface area contributed by atoms with Gasteiger partial charge in [0.25, 0.3) is 5.91 Å². The summed E-state index contributed by atoms with van der Waals surface area (Å²) in [7, 11) is 1.60. The summed E-state index contributed by atoms with van der Waals surface area (Å²) in [6.45, 7) is 6.63. The van der Waals surface area contributed by atoms with Gasteiger partial charge in [-0.1, -0.05) is 30.3 Å². The Kier molecular flexibility index (Phi) is 6.50. The van der Waals surface area contributed by atoms with Gasteiger partial charge in [0.05, 0.1) is 13.0 Å². The highest BCUT2D eigenvalue weighted by molar-refractivity contribution is 6.09. The fraction of sp³-hybridized carbons (Fsp3) is 0.286. The van der Waals surface area contributed by atoms with E-state index < -0.39 is 0 Å². The highest BCUT2D eigenvalue weighted by Crippen LogP contribution is 2.40. The summed E-state index contributed by atoms with van der Waals surface area (Å²) in [6.07, 6.45) is 0.570. The molecule has 0 saturated carbocycles. The number of rotatable bonds is 5. The number of nitrogens with zero attached hydrogens (tertiary/aromatic N) is 2. The second-order valence-electron chi connectivity index (χ2n) is 8.52. The van der Waals surface area contributed by atoms with Gasteiger partial charge in [0.1, 0.15) is 5.75 Å². The van der Waals surface area contributed by atoms with E-state index in [1.807, 2.05) is 79.1 Å². The van der Waals surface area contributed by atoms with E-state index in [4.69, 9.17) is 4.74 Å². The molecule has 0 spiro atoms. The number of anilines is 2. The average Bonchev–Trinajstić information content (AvgIpc) is 2.83. The molecule has 3 aromatic carbocycles. The van der Waals surface area contributed by atoms with E-state index in [0.717, 1.165) is 22.5 Å². The molecule has 0 bridgehead atoms. The Bertz CT molecular complexity index is 1160.